The minimum atomic E-state index is -0.922. The average molecular weight is 453 g/mol. The van der Waals surface area contributed by atoms with E-state index in [0.717, 1.165) is 11.1 Å². The smallest absolute Gasteiger partial charge is 0.340 e. The van der Waals surface area contributed by atoms with E-state index in [1.54, 1.807) is 24.1 Å². The summed E-state index contributed by atoms with van der Waals surface area (Å²) >= 11 is 3.28. The van der Waals surface area contributed by atoms with E-state index in [2.05, 4.69) is 20.9 Å². The summed E-state index contributed by atoms with van der Waals surface area (Å²) in [5.74, 6) is -0.840. The van der Waals surface area contributed by atoms with Gasteiger partial charge in [-0.25, -0.2) is 4.79 Å². The largest absolute Gasteiger partial charge is 0.449 e. The lowest BCUT2D eigenvalue weighted by atomic mass is 10.1. The normalized spacial score (nSPS) is 11.5. The van der Waals surface area contributed by atoms with E-state index in [0.29, 0.717) is 17.6 Å². The predicted octanol–water partition coefficient (Wildman–Crippen LogP) is 4.62. The number of benzene rings is 2. The maximum atomic E-state index is 13.1. The Morgan fingerprint density at radius 2 is 1.52 bits per heavy atom. The van der Waals surface area contributed by atoms with Crippen molar-refractivity contribution in [3.05, 3.63) is 100 Å². The van der Waals surface area contributed by atoms with Crippen molar-refractivity contribution in [1.29, 1.82) is 0 Å². The third kappa shape index (κ3) is 5.99. The Bertz CT molecular complexity index is 923. The van der Waals surface area contributed by atoms with Gasteiger partial charge in [-0.2, -0.15) is 0 Å². The van der Waals surface area contributed by atoms with Gasteiger partial charge in [0.15, 0.2) is 6.10 Å². The quantitative estimate of drug-likeness (QED) is 0.490. The summed E-state index contributed by atoms with van der Waals surface area (Å²) in [6, 6.07) is 21.1. The van der Waals surface area contributed by atoms with E-state index in [1.165, 1.54) is 6.20 Å². The molecule has 3 aromatic rings. The summed E-state index contributed by atoms with van der Waals surface area (Å²) in [6.07, 6.45) is 2.07. The Labute approximate surface area is 178 Å². The number of aromatic nitrogens is 1. The van der Waals surface area contributed by atoms with E-state index in [1.807, 2.05) is 60.7 Å². The van der Waals surface area contributed by atoms with Gasteiger partial charge in [-0.3, -0.25) is 9.78 Å². The number of ether oxygens (including phenoxy) is 1. The predicted molar refractivity (Wildman–Crippen MR) is 114 cm³/mol. The first-order valence-electron chi connectivity index (χ1n) is 9.21. The summed E-state index contributed by atoms with van der Waals surface area (Å²) in [4.78, 5) is 31.2. The Hall–Kier alpha value is -2.99. The molecule has 0 bridgehead atoms. The van der Waals surface area contributed by atoms with Crippen LogP contribution in [0.15, 0.2) is 83.6 Å². The van der Waals surface area contributed by atoms with Gasteiger partial charge < -0.3 is 9.64 Å². The molecule has 0 unspecified atom stereocenters. The molecule has 1 amide bonds. The Morgan fingerprint density at radius 3 is 2.03 bits per heavy atom. The first-order chi connectivity index (χ1) is 14.0. The number of rotatable bonds is 7. The van der Waals surface area contributed by atoms with Crippen LogP contribution in [0.2, 0.25) is 0 Å². The van der Waals surface area contributed by atoms with Crippen molar-refractivity contribution >= 4 is 27.8 Å². The summed E-state index contributed by atoms with van der Waals surface area (Å²) in [5.41, 5.74) is 2.30. The van der Waals surface area contributed by atoms with Gasteiger partial charge in [-0.05, 0) is 40.0 Å². The Kier molecular flexibility index (Phi) is 7.14. The molecule has 2 aromatic carbocycles. The lowest BCUT2D eigenvalue weighted by molar-refractivity contribution is -0.141. The number of carbonyl (C=O) groups is 2. The number of amides is 1. The van der Waals surface area contributed by atoms with E-state index in [4.69, 9.17) is 4.74 Å². The van der Waals surface area contributed by atoms with Gasteiger partial charge >= 0.3 is 5.97 Å². The van der Waals surface area contributed by atoms with E-state index < -0.39 is 12.1 Å². The third-order valence-electron chi connectivity index (χ3n) is 4.32. The summed E-state index contributed by atoms with van der Waals surface area (Å²) in [7, 11) is 0. The van der Waals surface area contributed by atoms with Crippen molar-refractivity contribution in [2.24, 2.45) is 0 Å². The van der Waals surface area contributed by atoms with Gasteiger partial charge in [0.05, 0.1) is 5.56 Å². The van der Waals surface area contributed by atoms with Crippen LogP contribution >= 0.6 is 15.9 Å². The fraction of sp³-hybridized carbons (Fsp3) is 0.174. The molecule has 0 N–H and O–H groups in total. The number of esters is 1. The van der Waals surface area contributed by atoms with Crippen molar-refractivity contribution in [2.45, 2.75) is 26.1 Å². The molecule has 0 aliphatic rings. The second-order valence-electron chi connectivity index (χ2n) is 6.60. The topological polar surface area (TPSA) is 59.5 Å². The van der Waals surface area contributed by atoms with Crippen molar-refractivity contribution in [2.75, 3.05) is 0 Å². The molecular formula is C23H21BrN2O3. The van der Waals surface area contributed by atoms with Crippen LogP contribution in [0.5, 0.6) is 0 Å². The molecular weight excluding hydrogens is 432 g/mol. The number of pyridine rings is 1. The molecule has 148 valence electrons. The molecule has 1 aromatic heterocycles. The zero-order valence-electron chi connectivity index (χ0n) is 16.0. The highest BCUT2D eigenvalue weighted by Gasteiger charge is 2.25. The zero-order valence-corrected chi connectivity index (χ0v) is 17.6. The van der Waals surface area contributed by atoms with Crippen molar-refractivity contribution < 1.29 is 14.3 Å². The van der Waals surface area contributed by atoms with Crippen LogP contribution in [0.1, 0.15) is 28.4 Å². The molecule has 0 aliphatic carbocycles. The number of nitrogens with zero attached hydrogens (tertiary/aromatic N) is 2. The number of hydrogen-bond acceptors (Lipinski definition) is 4. The number of carbonyl (C=O) groups excluding carboxylic acids is 2. The molecule has 0 radical (unpaired) electrons. The number of halogens is 1. The van der Waals surface area contributed by atoms with Crippen LogP contribution in [-0.4, -0.2) is 27.9 Å². The fourth-order valence-electron chi connectivity index (χ4n) is 2.88. The third-order valence-corrected chi connectivity index (χ3v) is 4.75. The van der Waals surface area contributed by atoms with E-state index >= 15 is 0 Å². The summed E-state index contributed by atoms with van der Waals surface area (Å²) in [6.45, 7) is 2.44. The highest BCUT2D eigenvalue weighted by atomic mass is 79.9. The molecule has 0 aliphatic heterocycles. The van der Waals surface area contributed by atoms with Gasteiger partial charge in [0.1, 0.15) is 0 Å². The number of hydrogen-bond donors (Lipinski definition) is 0. The van der Waals surface area contributed by atoms with Crippen molar-refractivity contribution in [1.82, 2.24) is 9.88 Å². The molecule has 0 saturated heterocycles. The summed E-state index contributed by atoms with van der Waals surface area (Å²) < 4.78 is 6.09. The maximum Gasteiger partial charge on any atom is 0.340 e. The monoisotopic (exact) mass is 452 g/mol. The molecule has 0 fully saturated rings. The lowest BCUT2D eigenvalue weighted by Gasteiger charge is -2.26. The average Bonchev–Trinajstić information content (AvgIpc) is 2.74. The second-order valence-corrected chi connectivity index (χ2v) is 7.52. The molecule has 3 rings (SSSR count). The molecule has 0 saturated carbocycles. The van der Waals surface area contributed by atoms with Gasteiger partial charge in [0, 0.05) is 30.0 Å². The van der Waals surface area contributed by atoms with Crippen LogP contribution in [0.3, 0.4) is 0 Å². The lowest BCUT2D eigenvalue weighted by Crippen LogP contribution is -2.39. The SMILES string of the molecule is C[C@H](OC(=O)c1cncc(Br)c1)C(=O)N(Cc1ccccc1)Cc1ccccc1. The molecule has 5 nitrogen and oxygen atoms in total. The summed E-state index contributed by atoms with van der Waals surface area (Å²) in [5, 5.41) is 0. The molecule has 0 spiro atoms. The van der Waals surface area contributed by atoms with E-state index in [9.17, 15) is 9.59 Å². The van der Waals surface area contributed by atoms with E-state index in [-0.39, 0.29) is 11.5 Å². The minimum absolute atomic E-state index is 0.256. The minimum Gasteiger partial charge on any atom is -0.449 e. The van der Waals surface area contributed by atoms with Gasteiger partial charge in [0.2, 0.25) is 0 Å². The molecule has 6 heteroatoms. The van der Waals surface area contributed by atoms with Crippen LogP contribution in [0.25, 0.3) is 0 Å². The fourth-order valence-corrected chi connectivity index (χ4v) is 3.24. The van der Waals surface area contributed by atoms with Crippen molar-refractivity contribution in [3.63, 3.8) is 0 Å². The molecule has 1 heterocycles. The Morgan fingerprint density at radius 1 is 0.966 bits per heavy atom. The standard InChI is InChI=1S/C23H21BrN2O3/c1-17(29-23(28)20-12-21(24)14-25-13-20)22(27)26(15-18-8-4-2-5-9-18)16-19-10-6-3-7-11-19/h2-14,17H,15-16H2,1H3/t17-/m0/s1. The van der Waals surface area contributed by atoms with Gasteiger partial charge in [0.25, 0.3) is 5.91 Å². The van der Waals surface area contributed by atoms with Crippen LogP contribution in [0, 0.1) is 0 Å². The van der Waals surface area contributed by atoms with Gasteiger partial charge in [-0.1, -0.05) is 60.7 Å². The second kappa shape index (κ2) is 9.98. The first kappa shape index (κ1) is 20.7. The zero-order chi connectivity index (χ0) is 20.6. The van der Waals surface area contributed by atoms with Crippen LogP contribution in [0.4, 0.5) is 0 Å². The molecule has 1 atom stereocenters. The maximum absolute atomic E-state index is 13.1. The first-order valence-corrected chi connectivity index (χ1v) is 10.0. The highest BCUT2D eigenvalue weighted by Crippen LogP contribution is 2.15. The van der Waals surface area contributed by atoms with Gasteiger partial charge in [-0.15, -0.1) is 0 Å². The Balaban J connectivity index is 1.74. The van der Waals surface area contributed by atoms with Crippen LogP contribution in [-0.2, 0) is 22.6 Å². The highest BCUT2D eigenvalue weighted by molar-refractivity contribution is 9.10. The molecule has 29 heavy (non-hydrogen) atoms. The van der Waals surface area contributed by atoms with Crippen molar-refractivity contribution in [3.8, 4) is 0 Å². The van der Waals surface area contributed by atoms with Crippen LogP contribution < -0.4 is 0 Å².